The highest BCUT2D eigenvalue weighted by Crippen LogP contribution is 2.16. The molecule has 0 aliphatic rings. The fraction of sp³-hybridized carbons (Fsp3) is 0.400. The maximum atomic E-state index is 4.46. The lowest BCUT2D eigenvalue weighted by Crippen LogP contribution is -2.08. The number of hydrogen-bond donors (Lipinski definition) is 0. The van der Waals surface area contributed by atoms with Crippen molar-refractivity contribution in [2.24, 2.45) is 0 Å². The number of aryl methyl sites for hydroxylation is 2. The van der Waals surface area contributed by atoms with Crippen molar-refractivity contribution in [3.05, 3.63) is 41.7 Å². The van der Waals surface area contributed by atoms with Crippen LogP contribution in [0.15, 0.2) is 30.5 Å². The lowest BCUT2D eigenvalue weighted by Gasteiger charge is -2.12. The van der Waals surface area contributed by atoms with Crippen molar-refractivity contribution in [3.8, 4) is 5.69 Å². The molecule has 0 radical (unpaired) electrons. The first-order valence-corrected chi connectivity index (χ1v) is 6.38. The molecule has 0 spiro atoms. The van der Waals surface area contributed by atoms with Crippen LogP contribution in [0.25, 0.3) is 5.69 Å². The van der Waals surface area contributed by atoms with E-state index in [2.05, 4.69) is 47.4 Å². The molecule has 0 unspecified atom stereocenters. The molecule has 3 nitrogen and oxygen atoms in total. The number of aromatic nitrogens is 2. The van der Waals surface area contributed by atoms with Gasteiger partial charge in [0.25, 0.3) is 0 Å². The van der Waals surface area contributed by atoms with Crippen LogP contribution in [0.1, 0.15) is 25.1 Å². The van der Waals surface area contributed by atoms with Crippen LogP contribution in [0.2, 0.25) is 0 Å². The second kappa shape index (κ2) is 6.24. The summed E-state index contributed by atoms with van der Waals surface area (Å²) >= 11 is 0. The third kappa shape index (κ3) is 3.13. The molecule has 0 aliphatic carbocycles. The van der Waals surface area contributed by atoms with Crippen molar-refractivity contribution in [2.75, 3.05) is 19.0 Å². The van der Waals surface area contributed by atoms with Crippen molar-refractivity contribution in [2.45, 2.75) is 27.7 Å². The SMILES string of the molecule is CC.Cc1cn(-c2ccc(N(C)C)cc2)nc1C. The van der Waals surface area contributed by atoms with Crippen molar-refractivity contribution in [3.63, 3.8) is 0 Å². The van der Waals surface area contributed by atoms with Crippen LogP contribution in [-0.2, 0) is 0 Å². The third-order valence-corrected chi connectivity index (χ3v) is 2.78. The minimum Gasteiger partial charge on any atom is -0.378 e. The molecule has 0 N–H and O–H groups in total. The van der Waals surface area contributed by atoms with E-state index in [9.17, 15) is 0 Å². The van der Waals surface area contributed by atoms with Crippen LogP contribution in [0.5, 0.6) is 0 Å². The van der Waals surface area contributed by atoms with Gasteiger partial charge in [-0.05, 0) is 43.7 Å². The van der Waals surface area contributed by atoms with Gasteiger partial charge in [-0.3, -0.25) is 0 Å². The Hall–Kier alpha value is -1.77. The molecule has 0 bridgehead atoms. The number of benzene rings is 1. The average molecular weight is 245 g/mol. The first-order chi connectivity index (χ1) is 8.58. The molecular formula is C15H23N3. The van der Waals surface area contributed by atoms with Crippen LogP contribution in [-0.4, -0.2) is 23.9 Å². The van der Waals surface area contributed by atoms with Crippen LogP contribution < -0.4 is 4.90 Å². The Balaban J connectivity index is 0.000000771. The number of rotatable bonds is 2. The smallest absolute Gasteiger partial charge is 0.0647 e. The molecule has 0 saturated heterocycles. The van der Waals surface area contributed by atoms with Gasteiger partial charge in [0.2, 0.25) is 0 Å². The van der Waals surface area contributed by atoms with Gasteiger partial charge in [-0.2, -0.15) is 5.10 Å². The van der Waals surface area contributed by atoms with E-state index < -0.39 is 0 Å². The normalized spacial score (nSPS) is 9.67. The van der Waals surface area contributed by atoms with E-state index in [0.29, 0.717) is 0 Å². The van der Waals surface area contributed by atoms with Crippen LogP contribution in [0.4, 0.5) is 5.69 Å². The van der Waals surface area contributed by atoms with Gasteiger partial charge < -0.3 is 4.90 Å². The van der Waals surface area contributed by atoms with Gasteiger partial charge in [-0.1, -0.05) is 13.8 Å². The van der Waals surface area contributed by atoms with Gasteiger partial charge in [0.15, 0.2) is 0 Å². The Labute approximate surface area is 110 Å². The predicted molar refractivity (Wildman–Crippen MR) is 78.7 cm³/mol. The van der Waals surface area contributed by atoms with Gasteiger partial charge >= 0.3 is 0 Å². The van der Waals surface area contributed by atoms with Crippen molar-refractivity contribution >= 4 is 5.69 Å². The van der Waals surface area contributed by atoms with E-state index in [-0.39, 0.29) is 0 Å². The molecule has 98 valence electrons. The van der Waals surface area contributed by atoms with Gasteiger partial charge in [-0.25, -0.2) is 4.68 Å². The molecule has 1 aromatic heterocycles. The van der Waals surface area contributed by atoms with Crippen LogP contribution in [0.3, 0.4) is 0 Å². The Kier molecular flexibility index (Phi) is 4.95. The first-order valence-electron chi connectivity index (χ1n) is 6.38. The quantitative estimate of drug-likeness (QED) is 0.806. The summed E-state index contributed by atoms with van der Waals surface area (Å²) in [6.07, 6.45) is 2.06. The molecule has 2 aromatic rings. The maximum absolute atomic E-state index is 4.46. The molecule has 3 heteroatoms. The summed E-state index contributed by atoms with van der Waals surface area (Å²) < 4.78 is 1.92. The van der Waals surface area contributed by atoms with Crippen molar-refractivity contribution in [1.82, 2.24) is 9.78 Å². The zero-order valence-corrected chi connectivity index (χ0v) is 12.2. The summed E-state index contributed by atoms with van der Waals surface area (Å²) in [5, 5.41) is 4.46. The van der Waals surface area contributed by atoms with Crippen LogP contribution in [0, 0.1) is 13.8 Å². The number of nitrogens with zero attached hydrogens (tertiary/aromatic N) is 3. The number of anilines is 1. The Morgan fingerprint density at radius 3 is 1.94 bits per heavy atom. The lowest BCUT2D eigenvalue weighted by atomic mass is 10.2. The predicted octanol–water partition coefficient (Wildman–Crippen LogP) is 3.58. The molecule has 0 fully saturated rings. The molecule has 2 rings (SSSR count). The van der Waals surface area contributed by atoms with Crippen molar-refractivity contribution in [1.29, 1.82) is 0 Å². The Bertz CT molecular complexity index is 461. The van der Waals surface area contributed by atoms with E-state index in [1.54, 1.807) is 0 Å². The van der Waals surface area contributed by atoms with E-state index in [1.807, 2.05) is 39.5 Å². The van der Waals surface area contributed by atoms with Gasteiger partial charge in [0.05, 0.1) is 11.4 Å². The van der Waals surface area contributed by atoms with Gasteiger partial charge in [-0.15, -0.1) is 0 Å². The molecule has 0 saturated carbocycles. The summed E-state index contributed by atoms with van der Waals surface area (Å²) in [6.45, 7) is 8.10. The highest BCUT2D eigenvalue weighted by molar-refractivity contribution is 5.49. The van der Waals surface area contributed by atoms with Gasteiger partial charge in [0.1, 0.15) is 0 Å². The minimum atomic E-state index is 1.08. The molecule has 18 heavy (non-hydrogen) atoms. The summed E-state index contributed by atoms with van der Waals surface area (Å²) in [5.74, 6) is 0. The average Bonchev–Trinajstić information content (AvgIpc) is 2.72. The summed E-state index contributed by atoms with van der Waals surface area (Å²) in [5.41, 5.74) is 4.60. The maximum Gasteiger partial charge on any atom is 0.0647 e. The first kappa shape index (κ1) is 14.3. The fourth-order valence-corrected chi connectivity index (χ4v) is 1.58. The monoisotopic (exact) mass is 245 g/mol. The summed E-state index contributed by atoms with van der Waals surface area (Å²) in [7, 11) is 4.08. The fourth-order valence-electron chi connectivity index (χ4n) is 1.58. The zero-order chi connectivity index (χ0) is 13.7. The lowest BCUT2D eigenvalue weighted by molar-refractivity contribution is 0.862. The molecular weight excluding hydrogens is 222 g/mol. The summed E-state index contributed by atoms with van der Waals surface area (Å²) in [6, 6.07) is 8.37. The van der Waals surface area contributed by atoms with Crippen molar-refractivity contribution < 1.29 is 0 Å². The molecule has 1 heterocycles. The highest BCUT2D eigenvalue weighted by Gasteiger charge is 2.02. The number of hydrogen-bond acceptors (Lipinski definition) is 2. The Morgan fingerprint density at radius 1 is 1.00 bits per heavy atom. The molecule has 0 atom stereocenters. The largest absolute Gasteiger partial charge is 0.378 e. The van der Waals surface area contributed by atoms with E-state index in [1.165, 1.54) is 11.3 Å². The molecule has 0 amide bonds. The Morgan fingerprint density at radius 2 is 1.56 bits per heavy atom. The molecule has 1 aromatic carbocycles. The van der Waals surface area contributed by atoms with E-state index in [0.717, 1.165) is 11.4 Å². The second-order valence-electron chi connectivity index (χ2n) is 4.25. The second-order valence-corrected chi connectivity index (χ2v) is 4.25. The summed E-state index contributed by atoms with van der Waals surface area (Å²) in [4.78, 5) is 2.09. The third-order valence-electron chi connectivity index (χ3n) is 2.78. The van der Waals surface area contributed by atoms with Gasteiger partial charge in [0, 0.05) is 26.0 Å². The van der Waals surface area contributed by atoms with E-state index in [4.69, 9.17) is 0 Å². The topological polar surface area (TPSA) is 21.1 Å². The van der Waals surface area contributed by atoms with Crippen LogP contribution >= 0.6 is 0 Å². The van der Waals surface area contributed by atoms with E-state index >= 15 is 0 Å². The highest BCUT2D eigenvalue weighted by atomic mass is 15.3. The zero-order valence-electron chi connectivity index (χ0n) is 12.2. The minimum absolute atomic E-state index is 1.08. The molecule has 0 aliphatic heterocycles. The standard InChI is InChI=1S/C13H17N3.C2H6/c1-10-9-16(14-11(10)2)13-7-5-12(6-8-13)15(3)4;1-2/h5-9H,1-4H3;1-2H3.